The van der Waals surface area contributed by atoms with E-state index in [-0.39, 0.29) is 17.2 Å². The molecule has 2 heterocycles. The summed E-state index contributed by atoms with van der Waals surface area (Å²) in [5.74, 6) is 0.225. The molecule has 0 amide bonds. The van der Waals surface area contributed by atoms with Gasteiger partial charge in [0.05, 0.1) is 9.85 Å². The number of piperidine rings is 2. The van der Waals surface area contributed by atoms with E-state index in [2.05, 4.69) is 10.2 Å². The third-order valence-electron chi connectivity index (χ3n) is 4.95. The van der Waals surface area contributed by atoms with Crippen molar-refractivity contribution in [2.24, 2.45) is 0 Å². The van der Waals surface area contributed by atoms with Crippen LogP contribution < -0.4 is 10.2 Å². The van der Waals surface area contributed by atoms with E-state index >= 15 is 0 Å². The Morgan fingerprint density at radius 2 is 1.15 bits per heavy atom. The summed E-state index contributed by atoms with van der Waals surface area (Å²) in [5, 5.41) is 23.6. The van der Waals surface area contributed by atoms with Gasteiger partial charge in [0.25, 0.3) is 11.4 Å². The number of benzene rings is 2. The number of hydrogen-bond acceptors (Lipinski definition) is 8. The Morgan fingerprint density at radius 3 is 1.55 bits per heavy atom. The van der Waals surface area contributed by atoms with E-state index in [0.717, 1.165) is 55.9 Å². The van der Waals surface area contributed by atoms with Gasteiger partial charge in [-0.05, 0) is 24.3 Å². The van der Waals surface area contributed by atoms with Gasteiger partial charge in [0.15, 0.2) is 0 Å². The average molecular weight is 460 g/mol. The summed E-state index contributed by atoms with van der Waals surface area (Å²) >= 11 is 0. The summed E-state index contributed by atoms with van der Waals surface area (Å²) in [6, 6.07) is 10.8. The van der Waals surface area contributed by atoms with Crippen LogP contribution in [0, 0.1) is 26.0 Å². The van der Waals surface area contributed by atoms with Crippen LogP contribution in [0.2, 0.25) is 0 Å². The molecule has 10 nitrogen and oxygen atoms in total. The second-order valence-electron chi connectivity index (χ2n) is 7.32. The molecular weight excluding hydrogens is 435 g/mol. The number of anilines is 1. The van der Waals surface area contributed by atoms with E-state index < -0.39 is 15.7 Å². The van der Waals surface area contributed by atoms with Crippen molar-refractivity contribution in [2.45, 2.75) is 25.7 Å². The van der Waals surface area contributed by atoms with Gasteiger partial charge in [-0.25, -0.2) is 4.39 Å². The highest BCUT2D eigenvalue weighted by molar-refractivity contribution is 5.81. The molecule has 0 aliphatic carbocycles. The highest BCUT2D eigenvalue weighted by atomic mass is 19.1. The van der Waals surface area contributed by atoms with Gasteiger partial charge in [0, 0.05) is 81.8 Å². The molecule has 0 atom stereocenters. The first-order valence-electron chi connectivity index (χ1n) is 10.4. The molecule has 2 aromatic carbocycles. The SMILES string of the molecule is O=C1CCN(c2ccc([N+](=O)[O-])cc2)CC1.O=C1CCNCC1.O=[N+]([O-])c1ccc(F)cc1. The third-order valence-corrected chi connectivity index (χ3v) is 4.95. The summed E-state index contributed by atoms with van der Waals surface area (Å²) < 4.78 is 12.1. The smallest absolute Gasteiger partial charge is 0.269 e. The van der Waals surface area contributed by atoms with E-state index in [4.69, 9.17) is 0 Å². The summed E-state index contributed by atoms with van der Waals surface area (Å²) in [6.07, 6.45) is 2.61. The molecule has 11 heteroatoms. The molecule has 176 valence electrons. The minimum atomic E-state index is -0.570. The van der Waals surface area contributed by atoms with Crippen LogP contribution in [0.4, 0.5) is 21.5 Å². The van der Waals surface area contributed by atoms with E-state index in [1.165, 1.54) is 12.1 Å². The lowest BCUT2D eigenvalue weighted by Crippen LogP contribution is -2.33. The van der Waals surface area contributed by atoms with Gasteiger partial charge >= 0.3 is 0 Å². The first-order valence-corrected chi connectivity index (χ1v) is 10.4. The topological polar surface area (TPSA) is 136 Å². The lowest BCUT2D eigenvalue weighted by atomic mass is 10.1. The maximum atomic E-state index is 12.1. The monoisotopic (exact) mass is 460 g/mol. The Hall–Kier alpha value is -3.73. The number of carbonyl (C=O) groups excluding carboxylic acids is 2. The Bertz CT molecular complexity index is 948. The number of rotatable bonds is 3. The molecule has 2 saturated heterocycles. The minimum absolute atomic E-state index is 0.0943. The minimum Gasteiger partial charge on any atom is -0.371 e. The molecule has 2 aromatic rings. The number of Topliss-reactive ketones (excluding diaryl/α,β-unsaturated/α-hetero) is 2. The molecular formula is C22H25FN4O6. The largest absolute Gasteiger partial charge is 0.371 e. The molecule has 0 saturated carbocycles. The predicted molar refractivity (Wildman–Crippen MR) is 120 cm³/mol. The lowest BCUT2D eigenvalue weighted by molar-refractivity contribution is -0.385. The first kappa shape index (κ1) is 25.5. The Labute approximate surface area is 189 Å². The zero-order valence-electron chi connectivity index (χ0n) is 17.9. The highest BCUT2D eigenvalue weighted by Gasteiger charge is 2.17. The van der Waals surface area contributed by atoms with Crippen molar-refractivity contribution in [3.8, 4) is 0 Å². The van der Waals surface area contributed by atoms with Crippen molar-refractivity contribution < 1.29 is 23.8 Å². The molecule has 0 aromatic heterocycles. The van der Waals surface area contributed by atoms with Gasteiger partial charge in [-0.1, -0.05) is 0 Å². The van der Waals surface area contributed by atoms with Crippen molar-refractivity contribution >= 4 is 28.6 Å². The molecule has 2 aliphatic rings. The number of hydrogen-bond donors (Lipinski definition) is 1. The number of nitrogens with zero attached hydrogens (tertiary/aromatic N) is 3. The van der Waals surface area contributed by atoms with Gasteiger partial charge in [0.1, 0.15) is 17.4 Å². The van der Waals surface area contributed by atoms with E-state index in [1.54, 1.807) is 12.1 Å². The quantitative estimate of drug-likeness (QED) is 0.543. The maximum absolute atomic E-state index is 12.1. The standard InChI is InChI=1S/C11H12N2O3.C6H4FNO2.C5H9NO/c14-11-5-7-12(8-6-11)9-1-3-10(4-2-9)13(15)16;7-5-1-3-6(4-2-5)8(9)10;7-5-1-3-6-4-2-5/h1-4H,5-8H2;1-4H;6H,1-4H2. The fraction of sp³-hybridized carbons (Fsp3) is 0.364. The summed E-state index contributed by atoms with van der Waals surface area (Å²) in [7, 11) is 0. The highest BCUT2D eigenvalue weighted by Crippen LogP contribution is 2.21. The molecule has 33 heavy (non-hydrogen) atoms. The summed E-state index contributed by atoms with van der Waals surface area (Å²) in [4.78, 5) is 43.1. The fourth-order valence-corrected chi connectivity index (χ4v) is 3.07. The number of halogens is 1. The number of nitro groups is 2. The number of nitro benzene ring substituents is 2. The van der Waals surface area contributed by atoms with Crippen LogP contribution in [-0.2, 0) is 9.59 Å². The molecule has 0 spiro atoms. The second kappa shape index (κ2) is 13.0. The molecule has 2 fully saturated rings. The molecule has 2 aliphatic heterocycles. The third kappa shape index (κ3) is 9.11. The molecule has 0 radical (unpaired) electrons. The molecule has 1 N–H and O–H groups in total. The van der Waals surface area contributed by atoms with E-state index in [9.17, 15) is 34.2 Å². The summed E-state index contributed by atoms with van der Waals surface area (Å²) in [5.41, 5.74) is 0.941. The van der Waals surface area contributed by atoms with Gasteiger partial charge in [-0.2, -0.15) is 0 Å². The second-order valence-corrected chi connectivity index (χ2v) is 7.32. The Balaban J connectivity index is 0.000000193. The van der Waals surface area contributed by atoms with Crippen LogP contribution >= 0.6 is 0 Å². The van der Waals surface area contributed by atoms with Gasteiger partial charge in [-0.15, -0.1) is 0 Å². The summed E-state index contributed by atoms with van der Waals surface area (Å²) in [6.45, 7) is 3.19. The van der Waals surface area contributed by atoms with Crippen molar-refractivity contribution in [1.29, 1.82) is 0 Å². The Kier molecular flexibility index (Phi) is 10.0. The number of non-ortho nitro benzene ring substituents is 2. The van der Waals surface area contributed by atoms with Crippen LogP contribution in [-0.4, -0.2) is 47.6 Å². The van der Waals surface area contributed by atoms with E-state index in [0.29, 0.717) is 31.7 Å². The van der Waals surface area contributed by atoms with Crippen molar-refractivity contribution in [2.75, 3.05) is 31.1 Å². The van der Waals surface area contributed by atoms with E-state index in [1.807, 2.05) is 0 Å². The van der Waals surface area contributed by atoms with Crippen LogP contribution in [0.1, 0.15) is 25.7 Å². The van der Waals surface area contributed by atoms with Crippen molar-refractivity contribution in [3.05, 3.63) is 74.6 Å². The number of nitrogens with one attached hydrogen (secondary N) is 1. The molecule has 0 unspecified atom stereocenters. The molecule has 4 rings (SSSR count). The molecule has 0 bridgehead atoms. The normalized spacial score (nSPS) is 15.5. The van der Waals surface area contributed by atoms with Gasteiger partial charge < -0.3 is 10.2 Å². The number of ketones is 2. The lowest BCUT2D eigenvalue weighted by Gasteiger charge is -2.27. The zero-order valence-corrected chi connectivity index (χ0v) is 17.9. The van der Waals surface area contributed by atoms with Crippen LogP contribution in [0.3, 0.4) is 0 Å². The first-order chi connectivity index (χ1) is 15.8. The average Bonchev–Trinajstić information content (AvgIpc) is 2.81. The Morgan fingerprint density at radius 1 is 0.727 bits per heavy atom. The van der Waals surface area contributed by atoms with Crippen LogP contribution in [0.5, 0.6) is 0 Å². The van der Waals surface area contributed by atoms with Crippen LogP contribution in [0.25, 0.3) is 0 Å². The zero-order chi connectivity index (χ0) is 24.2. The van der Waals surface area contributed by atoms with Crippen molar-refractivity contribution in [1.82, 2.24) is 5.32 Å². The van der Waals surface area contributed by atoms with Crippen molar-refractivity contribution in [3.63, 3.8) is 0 Å². The fourth-order valence-electron chi connectivity index (χ4n) is 3.07. The van der Waals surface area contributed by atoms with Gasteiger partial charge in [-0.3, -0.25) is 29.8 Å². The maximum Gasteiger partial charge on any atom is 0.269 e. The van der Waals surface area contributed by atoms with Crippen LogP contribution in [0.15, 0.2) is 48.5 Å². The number of carbonyl (C=O) groups is 2. The van der Waals surface area contributed by atoms with Gasteiger partial charge in [0.2, 0.25) is 0 Å². The predicted octanol–water partition coefficient (Wildman–Crippen LogP) is 3.44.